The zero-order valence-electron chi connectivity index (χ0n) is 19.0. The van der Waals surface area contributed by atoms with E-state index in [4.69, 9.17) is 4.74 Å². The molecule has 2 fully saturated rings. The van der Waals surface area contributed by atoms with Crippen molar-refractivity contribution >= 4 is 17.8 Å². The van der Waals surface area contributed by atoms with E-state index in [0.717, 1.165) is 57.8 Å². The highest BCUT2D eigenvalue weighted by atomic mass is 16.5. The summed E-state index contributed by atoms with van der Waals surface area (Å²) in [7, 11) is 1.75. The molecule has 0 unspecified atom stereocenters. The second kappa shape index (κ2) is 11.2. The van der Waals surface area contributed by atoms with Crippen molar-refractivity contribution in [1.82, 2.24) is 30.4 Å². The van der Waals surface area contributed by atoms with Crippen LogP contribution in [0.3, 0.4) is 0 Å². The van der Waals surface area contributed by atoms with Crippen LogP contribution in [-0.4, -0.2) is 110 Å². The van der Waals surface area contributed by atoms with Crippen molar-refractivity contribution in [1.29, 1.82) is 0 Å². The summed E-state index contributed by atoms with van der Waals surface area (Å²) in [6.45, 7) is 12.1. The van der Waals surface area contributed by atoms with Crippen molar-refractivity contribution in [2.24, 2.45) is 4.99 Å². The molecule has 1 aromatic rings. The summed E-state index contributed by atoms with van der Waals surface area (Å²) in [5.41, 5.74) is -0.000633. The molecule has 2 aliphatic heterocycles. The third-order valence-electron chi connectivity index (χ3n) is 5.88. The Morgan fingerprint density at radius 2 is 1.77 bits per heavy atom. The molecular formula is C21H36N8O2. The van der Waals surface area contributed by atoms with Gasteiger partial charge in [0.25, 0.3) is 0 Å². The molecule has 10 nitrogen and oxygen atoms in total. The molecule has 1 aromatic heterocycles. The van der Waals surface area contributed by atoms with Crippen LogP contribution in [0.15, 0.2) is 23.5 Å². The second-order valence-electron chi connectivity index (χ2n) is 8.43. The van der Waals surface area contributed by atoms with Gasteiger partial charge in [0.15, 0.2) is 5.96 Å². The molecule has 172 valence electrons. The average Bonchev–Trinajstić information content (AvgIpc) is 2.82. The smallest absolute Gasteiger partial charge is 0.225 e. The number of rotatable bonds is 7. The van der Waals surface area contributed by atoms with Crippen LogP contribution >= 0.6 is 0 Å². The first-order valence-electron chi connectivity index (χ1n) is 11.1. The molecule has 31 heavy (non-hydrogen) atoms. The number of anilines is 1. The Labute approximate surface area is 185 Å². The highest BCUT2D eigenvalue weighted by Crippen LogP contribution is 2.15. The Hall–Kier alpha value is -2.46. The zero-order valence-corrected chi connectivity index (χ0v) is 19.0. The van der Waals surface area contributed by atoms with E-state index >= 15 is 0 Å². The largest absolute Gasteiger partial charge is 0.379 e. The fraction of sp³-hybridized carbons (Fsp3) is 0.714. The predicted molar refractivity (Wildman–Crippen MR) is 121 cm³/mol. The first-order chi connectivity index (χ1) is 15.0. The summed E-state index contributed by atoms with van der Waals surface area (Å²) in [6.07, 6.45) is 3.93. The zero-order chi connectivity index (χ0) is 22.1. The van der Waals surface area contributed by atoms with Crippen molar-refractivity contribution in [2.75, 3.05) is 77.5 Å². The van der Waals surface area contributed by atoms with Gasteiger partial charge in [0.1, 0.15) is 0 Å². The van der Waals surface area contributed by atoms with Gasteiger partial charge in [-0.05, 0) is 19.9 Å². The van der Waals surface area contributed by atoms with Gasteiger partial charge in [0, 0.05) is 83.8 Å². The van der Waals surface area contributed by atoms with Crippen molar-refractivity contribution < 1.29 is 9.53 Å². The number of hydrogen-bond acceptors (Lipinski definition) is 7. The lowest BCUT2D eigenvalue weighted by Crippen LogP contribution is -2.56. The third kappa shape index (κ3) is 6.76. The summed E-state index contributed by atoms with van der Waals surface area (Å²) in [5.74, 6) is 1.61. The standard InChI is InChI=1S/C21H36N8O2/c1-21(2,29-13-15-31-16-14-29)17-26-19(22-3)23-8-5-18(30)27-9-11-28(12-10-27)20-24-6-4-7-25-20/h4,6-7H,5,8-17H2,1-3H3,(H2,22,23,26). The number of piperazine rings is 1. The van der Waals surface area contributed by atoms with Crippen LogP contribution in [0, 0.1) is 0 Å². The van der Waals surface area contributed by atoms with Gasteiger partial charge in [-0.15, -0.1) is 0 Å². The first kappa shape index (κ1) is 23.2. The molecule has 0 bridgehead atoms. The van der Waals surface area contributed by atoms with Gasteiger partial charge >= 0.3 is 0 Å². The number of ether oxygens (including phenoxy) is 1. The highest BCUT2D eigenvalue weighted by molar-refractivity contribution is 5.81. The predicted octanol–water partition coefficient (Wildman–Crippen LogP) is -0.209. The molecule has 3 heterocycles. The van der Waals surface area contributed by atoms with E-state index in [0.29, 0.717) is 26.1 Å². The second-order valence-corrected chi connectivity index (χ2v) is 8.43. The molecule has 1 amide bonds. The van der Waals surface area contributed by atoms with Gasteiger partial charge < -0.3 is 25.2 Å². The summed E-state index contributed by atoms with van der Waals surface area (Å²) in [6, 6.07) is 1.81. The Morgan fingerprint density at radius 3 is 2.42 bits per heavy atom. The van der Waals surface area contributed by atoms with Crippen LogP contribution < -0.4 is 15.5 Å². The van der Waals surface area contributed by atoms with E-state index < -0.39 is 0 Å². The molecule has 0 aromatic carbocycles. The minimum absolute atomic E-state index is 0.000633. The van der Waals surface area contributed by atoms with Gasteiger partial charge in [-0.1, -0.05) is 0 Å². The summed E-state index contributed by atoms with van der Waals surface area (Å²) in [4.78, 5) is 31.9. The van der Waals surface area contributed by atoms with E-state index in [9.17, 15) is 4.79 Å². The highest BCUT2D eigenvalue weighted by Gasteiger charge is 2.28. The molecule has 0 saturated carbocycles. The van der Waals surface area contributed by atoms with Crippen LogP contribution in [0.5, 0.6) is 0 Å². The molecule has 10 heteroatoms. The van der Waals surface area contributed by atoms with Gasteiger partial charge in [-0.25, -0.2) is 9.97 Å². The molecule has 0 atom stereocenters. The minimum atomic E-state index is -0.000633. The monoisotopic (exact) mass is 432 g/mol. The van der Waals surface area contributed by atoms with Crippen molar-refractivity contribution in [2.45, 2.75) is 25.8 Å². The number of morpholine rings is 1. The lowest BCUT2D eigenvalue weighted by Gasteiger charge is -2.41. The number of guanidine groups is 1. The maximum atomic E-state index is 12.6. The Bertz CT molecular complexity index is 713. The van der Waals surface area contributed by atoms with E-state index in [1.807, 2.05) is 11.0 Å². The molecule has 3 rings (SSSR count). The van der Waals surface area contributed by atoms with Crippen LogP contribution in [0.4, 0.5) is 5.95 Å². The van der Waals surface area contributed by atoms with Gasteiger partial charge in [-0.3, -0.25) is 14.7 Å². The summed E-state index contributed by atoms with van der Waals surface area (Å²) < 4.78 is 5.45. The van der Waals surface area contributed by atoms with E-state index in [1.54, 1.807) is 19.4 Å². The summed E-state index contributed by atoms with van der Waals surface area (Å²) in [5, 5.41) is 6.66. The number of hydrogen-bond donors (Lipinski definition) is 2. The van der Waals surface area contributed by atoms with Crippen LogP contribution in [0.2, 0.25) is 0 Å². The Balaban J connectivity index is 1.35. The van der Waals surface area contributed by atoms with Crippen molar-refractivity contribution in [3.63, 3.8) is 0 Å². The third-order valence-corrected chi connectivity index (χ3v) is 5.88. The van der Waals surface area contributed by atoms with Crippen LogP contribution in [0.25, 0.3) is 0 Å². The number of nitrogens with zero attached hydrogens (tertiary/aromatic N) is 6. The maximum Gasteiger partial charge on any atom is 0.225 e. The molecule has 0 aliphatic carbocycles. The fourth-order valence-electron chi connectivity index (χ4n) is 3.86. The van der Waals surface area contributed by atoms with E-state index in [-0.39, 0.29) is 11.4 Å². The van der Waals surface area contributed by atoms with Crippen LogP contribution in [-0.2, 0) is 9.53 Å². The van der Waals surface area contributed by atoms with Gasteiger partial charge in [-0.2, -0.15) is 0 Å². The number of aliphatic imine (C=N–C) groups is 1. The summed E-state index contributed by atoms with van der Waals surface area (Å²) >= 11 is 0. The number of amides is 1. The normalized spacial score (nSPS) is 18.7. The Kier molecular flexibility index (Phi) is 8.42. The molecule has 0 spiro atoms. The lowest BCUT2D eigenvalue weighted by molar-refractivity contribution is -0.131. The molecule has 0 radical (unpaired) electrons. The number of carbonyl (C=O) groups excluding carboxylic acids is 1. The Morgan fingerprint density at radius 1 is 1.10 bits per heavy atom. The van der Waals surface area contributed by atoms with Crippen LogP contribution in [0.1, 0.15) is 20.3 Å². The van der Waals surface area contributed by atoms with Crippen molar-refractivity contribution in [3.05, 3.63) is 18.5 Å². The molecule has 2 N–H and O–H groups in total. The molecule has 2 aliphatic rings. The lowest BCUT2D eigenvalue weighted by atomic mass is 10.0. The fourth-order valence-corrected chi connectivity index (χ4v) is 3.86. The number of carbonyl (C=O) groups is 1. The van der Waals surface area contributed by atoms with Gasteiger partial charge in [0.05, 0.1) is 13.2 Å². The van der Waals surface area contributed by atoms with Crippen molar-refractivity contribution in [3.8, 4) is 0 Å². The maximum absolute atomic E-state index is 12.6. The topological polar surface area (TPSA) is 98.2 Å². The number of aromatic nitrogens is 2. The molecular weight excluding hydrogens is 396 g/mol. The van der Waals surface area contributed by atoms with E-state index in [1.165, 1.54) is 0 Å². The quantitative estimate of drug-likeness (QED) is 0.451. The first-order valence-corrected chi connectivity index (χ1v) is 11.1. The molecule has 2 saturated heterocycles. The average molecular weight is 433 g/mol. The van der Waals surface area contributed by atoms with E-state index in [2.05, 4.69) is 49.2 Å². The SMILES string of the molecule is CN=C(NCCC(=O)N1CCN(c2ncccn2)CC1)NCC(C)(C)N1CCOCC1. The minimum Gasteiger partial charge on any atom is -0.379 e. The van der Waals surface area contributed by atoms with Gasteiger partial charge in [0.2, 0.25) is 11.9 Å². The number of nitrogens with one attached hydrogen (secondary N) is 2.